The van der Waals surface area contributed by atoms with Crippen LogP contribution in [0.2, 0.25) is 0 Å². The number of hydrogen-bond acceptors (Lipinski definition) is 4. The van der Waals surface area contributed by atoms with Crippen LogP contribution >= 0.6 is 0 Å². The maximum atomic E-state index is 12.3. The number of benzene rings is 1. The van der Waals surface area contributed by atoms with Gasteiger partial charge in [-0.3, -0.25) is 9.59 Å². The van der Waals surface area contributed by atoms with E-state index >= 15 is 0 Å². The van der Waals surface area contributed by atoms with Crippen molar-refractivity contribution in [3.05, 3.63) is 52.9 Å². The molecule has 0 spiro atoms. The van der Waals surface area contributed by atoms with E-state index in [1.54, 1.807) is 33.0 Å². The molecular formula is C16H19N3O3. The molecule has 1 atom stereocenters. The standard InChI is InChI=1S/C16H19N3O3/c1-10-13(11(2)22-19-10)9-14(20)18-15(16(21)17-3)12-7-5-4-6-8-12/h4-8,15H,9H2,1-3H3,(H,17,21)(H,18,20)/t15-/m1/s1. The second kappa shape index (κ2) is 6.89. The number of carbonyl (C=O) groups excluding carboxylic acids is 2. The molecule has 6 nitrogen and oxygen atoms in total. The number of likely N-dealkylation sites (N-methyl/N-ethyl adjacent to an activating group) is 1. The van der Waals surface area contributed by atoms with Gasteiger partial charge in [0, 0.05) is 12.6 Å². The minimum absolute atomic E-state index is 0.126. The van der Waals surface area contributed by atoms with Crippen LogP contribution in [0, 0.1) is 13.8 Å². The summed E-state index contributed by atoms with van der Waals surface area (Å²) in [5, 5.41) is 9.15. The van der Waals surface area contributed by atoms with E-state index < -0.39 is 6.04 Å². The molecule has 0 saturated carbocycles. The minimum atomic E-state index is -0.723. The molecule has 0 aliphatic carbocycles. The maximum absolute atomic E-state index is 12.3. The second-order valence-corrected chi connectivity index (χ2v) is 5.00. The topological polar surface area (TPSA) is 84.2 Å². The number of aromatic nitrogens is 1. The van der Waals surface area contributed by atoms with E-state index in [0.717, 1.165) is 11.1 Å². The Morgan fingerprint density at radius 3 is 2.45 bits per heavy atom. The lowest BCUT2D eigenvalue weighted by molar-refractivity contribution is -0.128. The van der Waals surface area contributed by atoms with Crippen molar-refractivity contribution in [3.63, 3.8) is 0 Å². The molecule has 0 fully saturated rings. The van der Waals surface area contributed by atoms with Crippen molar-refractivity contribution in [2.75, 3.05) is 7.05 Å². The fourth-order valence-electron chi connectivity index (χ4n) is 2.22. The summed E-state index contributed by atoms with van der Waals surface area (Å²) in [6, 6.07) is 8.39. The van der Waals surface area contributed by atoms with E-state index in [0.29, 0.717) is 11.5 Å². The molecule has 116 valence electrons. The molecule has 0 unspecified atom stereocenters. The Labute approximate surface area is 128 Å². The molecule has 1 heterocycles. The zero-order valence-corrected chi connectivity index (χ0v) is 12.8. The van der Waals surface area contributed by atoms with Gasteiger partial charge in [-0.15, -0.1) is 0 Å². The van der Waals surface area contributed by atoms with E-state index in [-0.39, 0.29) is 18.2 Å². The van der Waals surface area contributed by atoms with Crippen molar-refractivity contribution in [1.29, 1.82) is 0 Å². The number of rotatable bonds is 5. The smallest absolute Gasteiger partial charge is 0.246 e. The number of aryl methyl sites for hydroxylation is 2. The first kappa shape index (κ1) is 15.8. The molecule has 2 N–H and O–H groups in total. The van der Waals surface area contributed by atoms with Crippen molar-refractivity contribution >= 4 is 11.8 Å². The summed E-state index contributed by atoms with van der Waals surface area (Å²) in [6.45, 7) is 3.54. The molecule has 1 aromatic heterocycles. The van der Waals surface area contributed by atoms with Gasteiger partial charge >= 0.3 is 0 Å². The Morgan fingerprint density at radius 1 is 1.23 bits per heavy atom. The third kappa shape index (κ3) is 3.52. The van der Waals surface area contributed by atoms with Gasteiger partial charge in [-0.1, -0.05) is 35.5 Å². The highest BCUT2D eigenvalue weighted by molar-refractivity contribution is 5.89. The Hall–Kier alpha value is -2.63. The Morgan fingerprint density at radius 2 is 1.91 bits per heavy atom. The summed E-state index contributed by atoms with van der Waals surface area (Å²) in [4.78, 5) is 24.3. The van der Waals surface area contributed by atoms with Crippen molar-refractivity contribution in [2.24, 2.45) is 0 Å². The minimum Gasteiger partial charge on any atom is -0.361 e. The molecule has 0 aliphatic heterocycles. The van der Waals surface area contributed by atoms with E-state index in [4.69, 9.17) is 4.52 Å². The Kier molecular flexibility index (Phi) is 4.93. The summed E-state index contributed by atoms with van der Waals surface area (Å²) in [5.41, 5.74) is 2.17. The third-order valence-corrected chi connectivity index (χ3v) is 3.47. The number of hydrogen-bond donors (Lipinski definition) is 2. The molecule has 2 aromatic rings. The highest BCUT2D eigenvalue weighted by atomic mass is 16.5. The lowest BCUT2D eigenvalue weighted by atomic mass is 10.0. The quantitative estimate of drug-likeness (QED) is 0.875. The van der Waals surface area contributed by atoms with Gasteiger partial charge in [0.15, 0.2) is 0 Å². The summed E-state index contributed by atoms with van der Waals surface area (Å²) < 4.78 is 5.05. The van der Waals surface area contributed by atoms with Crippen LogP contribution < -0.4 is 10.6 Å². The van der Waals surface area contributed by atoms with Gasteiger partial charge in [-0.25, -0.2) is 0 Å². The molecule has 0 aliphatic rings. The van der Waals surface area contributed by atoms with Gasteiger partial charge in [0.05, 0.1) is 12.1 Å². The average Bonchev–Trinajstić information content (AvgIpc) is 2.84. The van der Waals surface area contributed by atoms with Crippen molar-refractivity contribution < 1.29 is 14.1 Å². The molecular weight excluding hydrogens is 282 g/mol. The van der Waals surface area contributed by atoms with Gasteiger partial charge in [0.2, 0.25) is 11.8 Å². The highest BCUT2D eigenvalue weighted by Crippen LogP contribution is 2.16. The average molecular weight is 301 g/mol. The molecule has 0 radical (unpaired) electrons. The van der Waals surface area contributed by atoms with E-state index in [1.807, 2.05) is 18.2 Å². The van der Waals surface area contributed by atoms with E-state index in [1.165, 1.54) is 0 Å². The fourth-order valence-corrected chi connectivity index (χ4v) is 2.22. The Balaban J connectivity index is 2.14. The first-order valence-electron chi connectivity index (χ1n) is 7.00. The SMILES string of the molecule is CNC(=O)[C@H](NC(=O)Cc1c(C)noc1C)c1ccccc1. The van der Waals surface area contributed by atoms with E-state index in [2.05, 4.69) is 15.8 Å². The molecule has 2 rings (SSSR count). The van der Waals surface area contributed by atoms with Crippen LogP contribution in [0.4, 0.5) is 0 Å². The molecule has 0 bridgehead atoms. The van der Waals surface area contributed by atoms with Gasteiger partial charge < -0.3 is 15.2 Å². The summed E-state index contributed by atoms with van der Waals surface area (Å²) >= 11 is 0. The lowest BCUT2D eigenvalue weighted by Gasteiger charge is -2.17. The van der Waals surface area contributed by atoms with Gasteiger partial charge in [0.1, 0.15) is 11.8 Å². The van der Waals surface area contributed by atoms with Crippen molar-refractivity contribution in [1.82, 2.24) is 15.8 Å². The van der Waals surface area contributed by atoms with Gasteiger partial charge in [-0.05, 0) is 19.4 Å². The summed E-state index contributed by atoms with van der Waals surface area (Å²) in [7, 11) is 1.54. The molecule has 6 heteroatoms. The first-order chi connectivity index (χ1) is 10.5. The molecule has 2 amide bonds. The number of nitrogens with zero attached hydrogens (tertiary/aromatic N) is 1. The lowest BCUT2D eigenvalue weighted by Crippen LogP contribution is -2.39. The predicted octanol–water partition coefficient (Wildman–Crippen LogP) is 1.44. The van der Waals surface area contributed by atoms with Crippen LogP contribution in [0.25, 0.3) is 0 Å². The van der Waals surface area contributed by atoms with Crippen LogP contribution in [-0.2, 0) is 16.0 Å². The van der Waals surface area contributed by atoms with Crippen LogP contribution in [0.1, 0.15) is 28.6 Å². The van der Waals surface area contributed by atoms with E-state index in [9.17, 15) is 9.59 Å². The van der Waals surface area contributed by atoms with Crippen LogP contribution in [0.15, 0.2) is 34.9 Å². The maximum Gasteiger partial charge on any atom is 0.246 e. The van der Waals surface area contributed by atoms with Crippen molar-refractivity contribution in [3.8, 4) is 0 Å². The molecule has 22 heavy (non-hydrogen) atoms. The summed E-state index contributed by atoms with van der Waals surface area (Å²) in [6.07, 6.45) is 0.126. The van der Waals surface area contributed by atoms with Crippen LogP contribution in [0.3, 0.4) is 0 Å². The monoisotopic (exact) mass is 301 g/mol. The number of nitrogens with one attached hydrogen (secondary N) is 2. The third-order valence-electron chi connectivity index (χ3n) is 3.47. The normalized spacial score (nSPS) is 11.8. The largest absolute Gasteiger partial charge is 0.361 e. The number of carbonyl (C=O) groups is 2. The number of amides is 2. The molecule has 1 aromatic carbocycles. The second-order valence-electron chi connectivity index (χ2n) is 5.00. The van der Waals surface area contributed by atoms with Crippen LogP contribution in [0.5, 0.6) is 0 Å². The fraction of sp³-hybridized carbons (Fsp3) is 0.312. The zero-order chi connectivity index (χ0) is 16.1. The first-order valence-corrected chi connectivity index (χ1v) is 7.00. The molecule has 0 saturated heterocycles. The Bertz CT molecular complexity index is 645. The zero-order valence-electron chi connectivity index (χ0n) is 12.8. The van der Waals surface area contributed by atoms with Crippen LogP contribution in [-0.4, -0.2) is 24.0 Å². The van der Waals surface area contributed by atoms with Gasteiger partial charge in [-0.2, -0.15) is 0 Å². The van der Waals surface area contributed by atoms with Gasteiger partial charge in [0.25, 0.3) is 0 Å². The predicted molar refractivity (Wildman–Crippen MR) is 81.1 cm³/mol. The summed E-state index contributed by atoms with van der Waals surface area (Å²) in [5.74, 6) is 0.0917. The van der Waals surface area contributed by atoms with Crippen molar-refractivity contribution in [2.45, 2.75) is 26.3 Å². The highest BCUT2D eigenvalue weighted by Gasteiger charge is 2.22.